The van der Waals surface area contributed by atoms with Gasteiger partial charge in [-0.05, 0) is 48.9 Å². The van der Waals surface area contributed by atoms with Crippen molar-refractivity contribution < 1.29 is 19.0 Å². The molecule has 1 N–H and O–H groups in total. The van der Waals surface area contributed by atoms with Crippen molar-refractivity contribution in [3.05, 3.63) is 47.4 Å². The number of aromatic nitrogens is 3. The van der Waals surface area contributed by atoms with E-state index >= 15 is 0 Å². The first-order chi connectivity index (χ1) is 15.0. The third-order valence-electron chi connectivity index (χ3n) is 5.06. The smallest absolute Gasteiger partial charge is 0.273 e. The van der Waals surface area contributed by atoms with Gasteiger partial charge in [-0.1, -0.05) is 0 Å². The fourth-order valence-electron chi connectivity index (χ4n) is 3.60. The Morgan fingerprint density at radius 2 is 1.77 bits per heavy atom. The number of fused-ring (bicyclic) bond motifs is 2. The normalized spacial score (nSPS) is 11.0. The molecule has 0 atom stereocenters. The number of rotatable bonds is 6. The first-order valence-electron chi connectivity index (χ1n) is 9.57. The van der Waals surface area contributed by atoms with Crippen LogP contribution >= 0.6 is 11.6 Å². The molecule has 9 heteroatoms. The Hall–Kier alpha value is -3.52. The van der Waals surface area contributed by atoms with E-state index in [1.165, 1.54) is 14.2 Å². The van der Waals surface area contributed by atoms with Crippen LogP contribution < -0.4 is 19.5 Å². The van der Waals surface area contributed by atoms with Crippen LogP contribution in [0, 0.1) is 0 Å². The van der Waals surface area contributed by atoms with E-state index in [1.54, 1.807) is 19.2 Å². The number of carbonyl (C=O) groups is 1. The maximum Gasteiger partial charge on any atom is 0.273 e. The van der Waals surface area contributed by atoms with Gasteiger partial charge in [0, 0.05) is 28.9 Å². The molecule has 0 aliphatic heterocycles. The molecule has 2 aromatic carbocycles. The molecule has 0 aliphatic rings. The van der Waals surface area contributed by atoms with Gasteiger partial charge in [-0.2, -0.15) is 4.98 Å². The molecule has 0 fully saturated rings. The lowest BCUT2D eigenvalue weighted by Crippen LogP contribution is -2.18. The van der Waals surface area contributed by atoms with Gasteiger partial charge in [0.1, 0.15) is 17.3 Å². The van der Waals surface area contributed by atoms with Crippen LogP contribution in [0.5, 0.6) is 17.2 Å². The van der Waals surface area contributed by atoms with E-state index in [2.05, 4.69) is 15.3 Å². The number of ether oxygens (including phenoxy) is 3. The minimum absolute atomic E-state index is 0.00999. The number of nitrogens with zero attached hydrogens (tertiary/aromatic N) is 3. The third-order valence-corrected chi connectivity index (χ3v) is 5.23. The Labute approximate surface area is 183 Å². The van der Waals surface area contributed by atoms with Crippen molar-refractivity contribution in [2.45, 2.75) is 13.5 Å². The fourth-order valence-corrected chi connectivity index (χ4v) is 3.77. The van der Waals surface area contributed by atoms with E-state index in [0.29, 0.717) is 34.6 Å². The maximum atomic E-state index is 13.2. The standard InChI is InChI=1S/C22H21ClN4O4/c1-5-27-16-7-6-13(29-2)8-12(16)9-17(27)21(28)25-20-14-10-18(30-3)19(31-4)11-15(14)24-22(23)26-20/h6-11H,5H2,1-4H3,(H,24,25,26,28). The second-order valence-corrected chi connectivity index (χ2v) is 7.06. The van der Waals surface area contributed by atoms with Crippen molar-refractivity contribution in [2.24, 2.45) is 0 Å². The van der Waals surface area contributed by atoms with Crippen LogP contribution in [0.2, 0.25) is 5.28 Å². The molecule has 0 aliphatic carbocycles. The minimum atomic E-state index is -0.317. The largest absolute Gasteiger partial charge is 0.497 e. The zero-order valence-electron chi connectivity index (χ0n) is 17.5. The Bertz CT molecular complexity index is 1300. The average Bonchev–Trinajstić information content (AvgIpc) is 3.15. The molecule has 0 radical (unpaired) electrons. The third kappa shape index (κ3) is 3.70. The summed E-state index contributed by atoms with van der Waals surface area (Å²) in [5.74, 6) is 1.69. The molecule has 0 spiro atoms. The SMILES string of the molecule is CCn1c(C(=O)Nc2nc(Cl)nc3cc(OC)c(OC)cc23)cc2cc(OC)ccc21. The molecule has 4 aromatic rings. The van der Waals surface area contributed by atoms with Crippen LogP contribution in [0.1, 0.15) is 17.4 Å². The number of hydrogen-bond donors (Lipinski definition) is 1. The molecule has 31 heavy (non-hydrogen) atoms. The number of anilines is 1. The second-order valence-electron chi connectivity index (χ2n) is 6.72. The summed E-state index contributed by atoms with van der Waals surface area (Å²) in [5.41, 5.74) is 1.95. The Morgan fingerprint density at radius 3 is 2.45 bits per heavy atom. The van der Waals surface area contributed by atoms with Gasteiger partial charge in [-0.25, -0.2) is 4.98 Å². The summed E-state index contributed by atoms with van der Waals surface area (Å²) in [6, 6.07) is 10.9. The maximum absolute atomic E-state index is 13.2. The van der Waals surface area contributed by atoms with Gasteiger partial charge < -0.3 is 24.1 Å². The van der Waals surface area contributed by atoms with Crippen molar-refractivity contribution >= 4 is 45.1 Å². The molecule has 8 nitrogen and oxygen atoms in total. The molecule has 160 valence electrons. The van der Waals surface area contributed by atoms with Crippen LogP contribution in [0.25, 0.3) is 21.8 Å². The predicted octanol–water partition coefficient (Wildman–Crippen LogP) is 4.54. The Kier molecular flexibility index (Phi) is 5.56. The molecule has 4 rings (SSSR count). The van der Waals surface area contributed by atoms with Gasteiger partial charge in [-0.3, -0.25) is 4.79 Å². The van der Waals surface area contributed by atoms with E-state index in [9.17, 15) is 4.79 Å². The van der Waals surface area contributed by atoms with Gasteiger partial charge >= 0.3 is 0 Å². The summed E-state index contributed by atoms with van der Waals surface area (Å²) in [4.78, 5) is 21.7. The molecule has 2 aromatic heterocycles. The number of methoxy groups -OCH3 is 3. The van der Waals surface area contributed by atoms with Crippen molar-refractivity contribution in [3.63, 3.8) is 0 Å². The Morgan fingerprint density at radius 1 is 1.03 bits per heavy atom. The number of halogens is 1. The number of aryl methyl sites for hydroxylation is 1. The highest BCUT2D eigenvalue weighted by Gasteiger charge is 2.19. The molecule has 0 saturated carbocycles. The van der Waals surface area contributed by atoms with Crippen molar-refractivity contribution in [1.29, 1.82) is 0 Å². The minimum Gasteiger partial charge on any atom is -0.497 e. The monoisotopic (exact) mass is 440 g/mol. The van der Waals surface area contributed by atoms with E-state index in [1.807, 2.05) is 35.8 Å². The molecule has 1 amide bonds. The quantitative estimate of drug-likeness (QED) is 0.443. The highest BCUT2D eigenvalue weighted by atomic mass is 35.5. The van der Waals surface area contributed by atoms with Crippen LogP contribution in [0.4, 0.5) is 5.82 Å². The number of benzene rings is 2. The number of nitrogens with one attached hydrogen (secondary N) is 1. The summed E-state index contributed by atoms with van der Waals surface area (Å²) in [5, 5.41) is 4.37. The lowest BCUT2D eigenvalue weighted by atomic mass is 10.2. The molecular formula is C22H21ClN4O4. The van der Waals surface area contributed by atoms with E-state index in [4.69, 9.17) is 25.8 Å². The summed E-state index contributed by atoms with van der Waals surface area (Å²) < 4.78 is 17.9. The molecular weight excluding hydrogens is 420 g/mol. The molecule has 2 heterocycles. The predicted molar refractivity (Wildman–Crippen MR) is 120 cm³/mol. The van der Waals surface area contributed by atoms with Crippen LogP contribution in [0.15, 0.2) is 36.4 Å². The van der Waals surface area contributed by atoms with Crippen LogP contribution in [0.3, 0.4) is 0 Å². The highest BCUT2D eigenvalue weighted by molar-refractivity contribution is 6.29. The van der Waals surface area contributed by atoms with Gasteiger partial charge in [-0.15, -0.1) is 0 Å². The summed E-state index contributed by atoms with van der Waals surface area (Å²) in [6.07, 6.45) is 0. The van der Waals surface area contributed by atoms with Crippen molar-refractivity contribution in [2.75, 3.05) is 26.6 Å². The molecule has 0 bridgehead atoms. The average molecular weight is 441 g/mol. The number of amides is 1. The number of carbonyl (C=O) groups excluding carboxylic acids is 1. The first kappa shape index (κ1) is 20.7. The zero-order valence-corrected chi connectivity index (χ0v) is 18.3. The molecule has 0 unspecified atom stereocenters. The Balaban J connectivity index is 1.79. The summed E-state index contributed by atoms with van der Waals surface area (Å²) >= 11 is 6.11. The van der Waals surface area contributed by atoms with Crippen LogP contribution in [-0.4, -0.2) is 41.8 Å². The van der Waals surface area contributed by atoms with Gasteiger partial charge in [0.05, 0.1) is 26.8 Å². The topological polar surface area (TPSA) is 87.5 Å². The van der Waals surface area contributed by atoms with Crippen molar-refractivity contribution in [1.82, 2.24) is 14.5 Å². The lowest BCUT2D eigenvalue weighted by molar-refractivity contribution is 0.101. The van der Waals surface area contributed by atoms with E-state index in [0.717, 1.165) is 16.7 Å². The van der Waals surface area contributed by atoms with Gasteiger partial charge in [0.15, 0.2) is 11.5 Å². The zero-order chi connectivity index (χ0) is 22.1. The van der Waals surface area contributed by atoms with E-state index < -0.39 is 0 Å². The summed E-state index contributed by atoms with van der Waals surface area (Å²) in [7, 11) is 4.68. The first-order valence-corrected chi connectivity index (χ1v) is 9.94. The van der Waals surface area contributed by atoms with Crippen molar-refractivity contribution in [3.8, 4) is 17.2 Å². The second kappa shape index (κ2) is 8.31. The fraction of sp³-hybridized carbons (Fsp3) is 0.227. The summed E-state index contributed by atoms with van der Waals surface area (Å²) in [6.45, 7) is 2.60. The molecule has 0 saturated heterocycles. The number of hydrogen-bond acceptors (Lipinski definition) is 6. The lowest BCUT2D eigenvalue weighted by Gasteiger charge is -2.13. The van der Waals surface area contributed by atoms with E-state index in [-0.39, 0.29) is 17.0 Å². The highest BCUT2D eigenvalue weighted by Crippen LogP contribution is 2.35. The van der Waals surface area contributed by atoms with Gasteiger partial charge in [0.25, 0.3) is 5.91 Å². The van der Waals surface area contributed by atoms with Gasteiger partial charge in [0.2, 0.25) is 5.28 Å². The van der Waals surface area contributed by atoms with Crippen LogP contribution in [-0.2, 0) is 6.54 Å².